The van der Waals surface area contributed by atoms with Gasteiger partial charge in [0.2, 0.25) is 11.8 Å². The molecule has 1 N–H and O–H groups in total. The van der Waals surface area contributed by atoms with E-state index in [-0.39, 0.29) is 36.5 Å². The Kier molecular flexibility index (Phi) is 7.69. The topological polar surface area (TPSA) is 71.1 Å². The number of nitrogens with one attached hydrogen (secondary N) is 1. The van der Waals surface area contributed by atoms with Gasteiger partial charge in [-0.05, 0) is 46.4 Å². The average Bonchev–Trinajstić information content (AvgIpc) is 2.59. The lowest BCUT2D eigenvalue weighted by atomic mass is 10.1. The Labute approximate surface area is 168 Å². The monoisotopic (exact) mass is 391 g/mol. The molecular formula is C21H33N3O4. The van der Waals surface area contributed by atoms with Crippen molar-refractivity contribution in [1.82, 2.24) is 15.1 Å². The van der Waals surface area contributed by atoms with Crippen molar-refractivity contribution in [3.63, 3.8) is 0 Å². The number of rotatable bonds is 8. The fourth-order valence-corrected chi connectivity index (χ4v) is 3.08. The molecule has 7 nitrogen and oxygen atoms in total. The number of carbonyl (C=O) groups excluding carboxylic acids is 2. The molecule has 2 rings (SSSR count). The molecule has 0 saturated heterocycles. The molecule has 1 aliphatic heterocycles. The van der Waals surface area contributed by atoms with Crippen LogP contribution in [0.5, 0.6) is 11.5 Å². The molecule has 28 heavy (non-hydrogen) atoms. The molecule has 0 spiro atoms. The first-order chi connectivity index (χ1) is 13.2. The number of nitrogens with zero attached hydrogens (tertiary/aromatic N) is 2. The van der Waals surface area contributed by atoms with E-state index in [1.165, 1.54) is 0 Å². The zero-order valence-corrected chi connectivity index (χ0v) is 17.7. The second kappa shape index (κ2) is 9.78. The van der Waals surface area contributed by atoms with E-state index in [1.54, 1.807) is 16.8 Å². The van der Waals surface area contributed by atoms with E-state index in [9.17, 15) is 9.59 Å². The van der Waals surface area contributed by atoms with Gasteiger partial charge in [-0.25, -0.2) is 0 Å². The van der Waals surface area contributed by atoms with Crippen LogP contribution < -0.4 is 14.8 Å². The van der Waals surface area contributed by atoms with Crippen LogP contribution in [0.25, 0.3) is 0 Å². The van der Waals surface area contributed by atoms with Gasteiger partial charge >= 0.3 is 0 Å². The highest BCUT2D eigenvalue weighted by Crippen LogP contribution is 2.31. The Morgan fingerprint density at radius 2 is 1.86 bits per heavy atom. The van der Waals surface area contributed by atoms with Crippen LogP contribution in [0, 0.1) is 0 Å². The third-order valence-corrected chi connectivity index (χ3v) is 4.17. The Balaban J connectivity index is 1.88. The molecule has 0 radical (unpaired) electrons. The second-order valence-electron chi connectivity index (χ2n) is 8.31. The molecular weight excluding hydrogens is 358 g/mol. The van der Waals surface area contributed by atoms with Gasteiger partial charge in [0.05, 0.1) is 19.6 Å². The molecule has 1 heterocycles. The lowest BCUT2D eigenvalue weighted by molar-refractivity contribution is -0.134. The smallest absolute Gasteiger partial charge is 0.236 e. The summed E-state index contributed by atoms with van der Waals surface area (Å²) in [7, 11) is 1.78. The number of fused-ring (bicyclic) bond motifs is 1. The average molecular weight is 392 g/mol. The van der Waals surface area contributed by atoms with Crippen LogP contribution in [0.3, 0.4) is 0 Å². The second-order valence-corrected chi connectivity index (χ2v) is 8.31. The summed E-state index contributed by atoms with van der Waals surface area (Å²) in [5, 5.41) is 2.91. The van der Waals surface area contributed by atoms with E-state index >= 15 is 0 Å². The van der Waals surface area contributed by atoms with Crippen molar-refractivity contribution < 1.29 is 19.1 Å². The summed E-state index contributed by atoms with van der Waals surface area (Å²) in [5.74, 6) is 1.33. The number of para-hydroxylation sites is 2. The summed E-state index contributed by atoms with van der Waals surface area (Å²) in [6.07, 6.45) is 0.643. The molecule has 1 aliphatic rings. The summed E-state index contributed by atoms with van der Waals surface area (Å²) < 4.78 is 11.7. The van der Waals surface area contributed by atoms with Gasteiger partial charge in [-0.2, -0.15) is 0 Å². The predicted molar refractivity (Wildman–Crippen MR) is 109 cm³/mol. The number of ether oxygens (including phenoxy) is 2. The summed E-state index contributed by atoms with van der Waals surface area (Å²) in [6, 6.07) is 7.55. The molecule has 0 aliphatic carbocycles. The summed E-state index contributed by atoms with van der Waals surface area (Å²) in [4.78, 5) is 28.4. The lowest BCUT2D eigenvalue weighted by Gasteiger charge is -2.32. The van der Waals surface area contributed by atoms with Gasteiger partial charge in [-0.15, -0.1) is 0 Å². The Bertz CT molecular complexity index is 672. The van der Waals surface area contributed by atoms with E-state index in [1.807, 2.05) is 52.0 Å². The van der Waals surface area contributed by atoms with Crippen molar-refractivity contribution >= 4 is 11.8 Å². The molecule has 2 amide bonds. The van der Waals surface area contributed by atoms with Gasteiger partial charge in [0.1, 0.15) is 6.61 Å². The fraction of sp³-hybridized carbons (Fsp3) is 0.619. The normalized spacial score (nSPS) is 16.0. The van der Waals surface area contributed by atoms with Crippen molar-refractivity contribution in [3.8, 4) is 11.5 Å². The van der Waals surface area contributed by atoms with E-state index in [2.05, 4.69) is 5.32 Å². The SMILES string of the molecule is CCCN(C[C@@H]1COc2ccccc2O1)C(=O)CN(C)CC(=O)NC(C)(C)C. The van der Waals surface area contributed by atoms with Gasteiger partial charge in [0.15, 0.2) is 17.6 Å². The molecule has 7 heteroatoms. The molecule has 0 bridgehead atoms. The van der Waals surface area contributed by atoms with Gasteiger partial charge in [-0.1, -0.05) is 19.1 Å². The largest absolute Gasteiger partial charge is 0.486 e. The van der Waals surface area contributed by atoms with Crippen molar-refractivity contribution in [2.75, 3.05) is 39.8 Å². The number of amides is 2. The molecule has 156 valence electrons. The van der Waals surface area contributed by atoms with Crippen LogP contribution in [0.1, 0.15) is 34.1 Å². The van der Waals surface area contributed by atoms with Crippen molar-refractivity contribution in [3.05, 3.63) is 24.3 Å². The minimum Gasteiger partial charge on any atom is -0.486 e. The van der Waals surface area contributed by atoms with E-state index in [0.29, 0.717) is 25.4 Å². The van der Waals surface area contributed by atoms with E-state index < -0.39 is 0 Å². The first kappa shape index (κ1) is 22.0. The van der Waals surface area contributed by atoms with Gasteiger partial charge in [0, 0.05) is 12.1 Å². The molecule has 1 atom stereocenters. The van der Waals surface area contributed by atoms with Crippen LogP contribution in [-0.2, 0) is 9.59 Å². The summed E-state index contributed by atoms with van der Waals surface area (Å²) >= 11 is 0. The summed E-state index contributed by atoms with van der Waals surface area (Å²) in [5.41, 5.74) is -0.287. The van der Waals surface area contributed by atoms with Crippen LogP contribution in [0.4, 0.5) is 0 Å². The van der Waals surface area contributed by atoms with Crippen molar-refractivity contribution in [1.29, 1.82) is 0 Å². The van der Waals surface area contributed by atoms with E-state index in [0.717, 1.165) is 12.2 Å². The molecule has 0 unspecified atom stereocenters. The number of hydrogen-bond donors (Lipinski definition) is 1. The Morgan fingerprint density at radius 3 is 2.50 bits per heavy atom. The zero-order chi connectivity index (χ0) is 20.7. The predicted octanol–water partition coefficient (Wildman–Crippen LogP) is 1.91. The van der Waals surface area contributed by atoms with Gasteiger partial charge in [0.25, 0.3) is 0 Å². The van der Waals surface area contributed by atoms with E-state index in [4.69, 9.17) is 9.47 Å². The first-order valence-corrected chi connectivity index (χ1v) is 9.83. The lowest BCUT2D eigenvalue weighted by Crippen LogP contribution is -2.49. The van der Waals surface area contributed by atoms with Crippen LogP contribution in [0.2, 0.25) is 0 Å². The van der Waals surface area contributed by atoms with Crippen molar-refractivity contribution in [2.24, 2.45) is 0 Å². The maximum absolute atomic E-state index is 12.8. The van der Waals surface area contributed by atoms with Crippen molar-refractivity contribution in [2.45, 2.75) is 45.8 Å². The number of benzene rings is 1. The highest BCUT2D eigenvalue weighted by molar-refractivity contribution is 5.81. The maximum Gasteiger partial charge on any atom is 0.236 e. The van der Waals surface area contributed by atoms with Gasteiger partial charge < -0.3 is 19.7 Å². The highest BCUT2D eigenvalue weighted by atomic mass is 16.6. The first-order valence-electron chi connectivity index (χ1n) is 9.83. The van der Waals surface area contributed by atoms with Crippen LogP contribution >= 0.6 is 0 Å². The Morgan fingerprint density at radius 1 is 1.18 bits per heavy atom. The zero-order valence-electron chi connectivity index (χ0n) is 17.7. The van der Waals surface area contributed by atoms with Crippen LogP contribution in [-0.4, -0.2) is 73.1 Å². The number of carbonyl (C=O) groups is 2. The van der Waals surface area contributed by atoms with Gasteiger partial charge in [-0.3, -0.25) is 14.5 Å². The standard InChI is InChI=1S/C21H33N3O4/c1-6-11-24(12-16-15-27-17-9-7-8-10-18(17)28-16)20(26)14-23(5)13-19(25)22-21(2,3)4/h7-10,16H,6,11-15H2,1-5H3,(H,22,25)/t16-/m1/s1. The number of likely N-dealkylation sites (N-methyl/N-ethyl adjacent to an activating group) is 1. The Hall–Kier alpha value is -2.28. The minimum atomic E-state index is -0.287. The number of hydrogen-bond acceptors (Lipinski definition) is 5. The third kappa shape index (κ3) is 7.03. The minimum absolute atomic E-state index is 0.0182. The molecule has 0 fully saturated rings. The highest BCUT2D eigenvalue weighted by Gasteiger charge is 2.26. The summed E-state index contributed by atoms with van der Waals surface area (Å²) in [6.45, 7) is 9.71. The van der Waals surface area contributed by atoms with Crippen LogP contribution in [0.15, 0.2) is 24.3 Å². The quantitative estimate of drug-likeness (QED) is 0.733. The third-order valence-electron chi connectivity index (χ3n) is 4.17. The fourth-order valence-electron chi connectivity index (χ4n) is 3.08. The molecule has 1 aromatic rings. The molecule has 0 saturated carbocycles. The molecule has 1 aromatic carbocycles. The maximum atomic E-state index is 12.8. The molecule has 0 aromatic heterocycles.